The number of rotatable bonds is 13. The SMILES string of the molecule is C=C(C)C(=O)OCCNC(=O)OCc1cc(C2=C(c3c(C)n(CCCCCC)c4ccccc34)C(F)(F)C(F)(F)C2(F)F)c(C)s1. The number of ether oxygens (including phenoxy) is 2. The summed E-state index contributed by atoms with van der Waals surface area (Å²) in [4.78, 5) is 23.8. The number of alkyl carbamates (subject to hydrolysis) is 1. The lowest BCUT2D eigenvalue weighted by Gasteiger charge is -2.26. The maximum Gasteiger partial charge on any atom is 0.407 e. The molecule has 0 fully saturated rings. The quantitative estimate of drug-likeness (QED) is 0.0853. The fraction of sp³-hybridized carbons (Fsp3) is 0.455. The summed E-state index contributed by atoms with van der Waals surface area (Å²) < 4.78 is 105. The van der Waals surface area contributed by atoms with Crippen molar-refractivity contribution in [2.75, 3.05) is 13.2 Å². The van der Waals surface area contributed by atoms with E-state index in [-0.39, 0.29) is 45.1 Å². The highest BCUT2D eigenvalue weighted by molar-refractivity contribution is 7.12. The summed E-state index contributed by atoms with van der Waals surface area (Å²) in [7, 11) is 0. The van der Waals surface area contributed by atoms with Crippen molar-refractivity contribution in [3.05, 3.63) is 69.1 Å². The molecule has 0 radical (unpaired) electrons. The number of para-hydroxylation sites is 1. The Labute approximate surface area is 267 Å². The molecule has 0 aliphatic heterocycles. The summed E-state index contributed by atoms with van der Waals surface area (Å²) in [5, 5.41) is 2.52. The van der Waals surface area contributed by atoms with E-state index in [1.54, 1.807) is 22.8 Å². The molecule has 1 aliphatic rings. The topological polar surface area (TPSA) is 69.6 Å². The third-order valence-electron chi connectivity index (χ3n) is 7.92. The van der Waals surface area contributed by atoms with E-state index in [0.717, 1.165) is 36.7 Å². The maximum absolute atomic E-state index is 15.8. The van der Waals surface area contributed by atoms with E-state index in [9.17, 15) is 9.59 Å². The molecule has 1 amide bonds. The van der Waals surface area contributed by atoms with Crippen molar-refractivity contribution in [1.29, 1.82) is 0 Å². The second kappa shape index (κ2) is 13.5. The number of nitrogens with zero attached hydrogens (tertiary/aromatic N) is 1. The smallest absolute Gasteiger partial charge is 0.407 e. The van der Waals surface area contributed by atoms with Gasteiger partial charge < -0.3 is 19.4 Å². The molecule has 1 aliphatic carbocycles. The number of nitrogens with one attached hydrogen (secondary N) is 1. The van der Waals surface area contributed by atoms with Gasteiger partial charge in [0.05, 0.1) is 6.54 Å². The zero-order valence-corrected chi connectivity index (χ0v) is 26.8. The third kappa shape index (κ3) is 6.30. The van der Waals surface area contributed by atoms with Gasteiger partial charge in [0.2, 0.25) is 0 Å². The van der Waals surface area contributed by atoms with Crippen LogP contribution >= 0.6 is 11.3 Å². The minimum Gasteiger partial charge on any atom is -0.460 e. The molecule has 2 aromatic heterocycles. The summed E-state index contributed by atoms with van der Waals surface area (Å²) >= 11 is 0.859. The standard InChI is InChI=1S/C33H36F6N2O4S/c1-6-7-8-11-15-41-20(4)26(23-12-9-10-13-25(23)41)28-27(31(34,35)33(38,39)32(28,36)37)24-17-22(46-21(24)5)18-45-30(43)40-14-16-44-29(42)19(2)3/h9-10,12-13,17H,2,6-8,11,14-16,18H2,1,3-5H3,(H,40,43). The number of carbonyl (C=O) groups is 2. The molecular weight excluding hydrogens is 634 g/mol. The fourth-order valence-corrected chi connectivity index (χ4v) is 6.57. The van der Waals surface area contributed by atoms with Gasteiger partial charge in [0.25, 0.3) is 0 Å². The van der Waals surface area contributed by atoms with Gasteiger partial charge in [-0.1, -0.05) is 51.0 Å². The van der Waals surface area contributed by atoms with Crippen LogP contribution in [-0.4, -0.2) is 47.5 Å². The summed E-state index contributed by atoms with van der Waals surface area (Å²) in [6, 6.07) is 7.46. The van der Waals surface area contributed by atoms with Gasteiger partial charge in [0, 0.05) is 55.2 Å². The molecule has 6 nitrogen and oxygen atoms in total. The molecule has 3 aromatic rings. The van der Waals surface area contributed by atoms with E-state index in [2.05, 4.69) is 11.9 Å². The molecule has 0 saturated carbocycles. The number of fused-ring (bicyclic) bond motifs is 1. The predicted molar refractivity (Wildman–Crippen MR) is 165 cm³/mol. The zero-order valence-electron chi connectivity index (χ0n) is 26.0. The van der Waals surface area contributed by atoms with Crippen LogP contribution in [0, 0.1) is 13.8 Å². The van der Waals surface area contributed by atoms with E-state index in [1.807, 2.05) is 6.92 Å². The van der Waals surface area contributed by atoms with Crippen molar-refractivity contribution in [3.63, 3.8) is 0 Å². The van der Waals surface area contributed by atoms with Gasteiger partial charge in [-0.25, -0.2) is 9.59 Å². The molecular formula is C33H36F6N2O4S. The normalized spacial score (nSPS) is 16.6. The van der Waals surface area contributed by atoms with Crippen LogP contribution in [0.25, 0.3) is 22.0 Å². The van der Waals surface area contributed by atoms with Gasteiger partial charge in [-0.05, 0) is 44.9 Å². The number of amides is 1. The van der Waals surface area contributed by atoms with Crippen LogP contribution in [0.5, 0.6) is 0 Å². The first-order chi connectivity index (χ1) is 21.6. The Morgan fingerprint density at radius 2 is 1.65 bits per heavy atom. The van der Waals surface area contributed by atoms with E-state index < -0.39 is 53.1 Å². The number of aromatic nitrogens is 1. The van der Waals surface area contributed by atoms with Crippen LogP contribution in [0.4, 0.5) is 31.1 Å². The van der Waals surface area contributed by atoms with Crippen molar-refractivity contribution in [2.45, 2.75) is 84.3 Å². The largest absolute Gasteiger partial charge is 0.460 e. The highest BCUT2D eigenvalue weighted by atomic mass is 32.1. The Kier molecular flexibility index (Phi) is 10.3. The van der Waals surface area contributed by atoms with Crippen molar-refractivity contribution in [2.24, 2.45) is 0 Å². The van der Waals surface area contributed by atoms with Crippen molar-refractivity contribution < 1.29 is 45.4 Å². The molecule has 0 spiro atoms. The fourth-order valence-electron chi connectivity index (χ4n) is 5.61. The molecule has 4 rings (SSSR count). The molecule has 1 aromatic carbocycles. The Balaban J connectivity index is 1.72. The number of thiophene rings is 1. The average molecular weight is 671 g/mol. The predicted octanol–water partition coefficient (Wildman–Crippen LogP) is 9.08. The lowest BCUT2D eigenvalue weighted by atomic mass is 9.93. The maximum atomic E-state index is 15.8. The average Bonchev–Trinajstić information content (AvgIpc) is 3.52. The number of hydrogen-bond donors (Lipinski definition) is 1. The Bertz CT molecular complexity index is 1670. The van der Waals surface area contributed by atoms with Gasteiger partial charge >= 0.3 is 29.8 Å². The lowest BCUT2D eigenvalue weighted by molar-refractivity contribution is -0.254. The van der Waals surface area contributed by atoms with Crippen LogP contribution in [-0.2, 0) is 27.4 Å². The van der Waals surface area contributed by atoms with E-state index in [4.69, 9.17) is 9.47 Å². The molecule has 1 N–H and O–H groups in total. The molecule has 46 heavy (non-hydrogen) atoms. The van der Waals surface area contributed by atoms with Crippen LogP contribution in [0.2, 0.25) is 0 Å². The molecule has 0 atom stereocenters. The first-order valence-electron chi connectivity index (χ1n) is 14.9. The van der Waals surface area contributed by atoms with Gasteiger partial charge in [0.1, 0.15) is 13.2 Å². The van der Waals surface area contributed by atoms with Gasteiger partial charge in [0.15, 0.2) is 0 Å². The molecule has 2 heterocycles. The summed E-state index contributed by atoms with van der Waals surface area (Å²) in [5.41, 5.74) is -2.78. The molecule has 0 bridgehead atoms. The third-order valence-corrected chi connectivity index (χ3v) is 8.94. The summed E-state index contributed by atoms with van der Waals surface area (Å²) in [6.07, 6.45) is 2.55. The Hall–Kier alpha value is -3.74. The van der Waals surface area contributed by atoms with Gasteiger partial charge in [-0.15, -0.1) is 11.3 Å². The molecule has 250 valence electrons. The number of halogens is 6. The summed E-state index contributed by atoms with van der Waals surface area (Å²) in [5.74, 6) is -16.8. The first kappa shape index (κ1) is 35.1. The van der Waals surface area contributed by atoms with Crippen LogP contribution in [0.3, 0.4) is 0 Å². The second-order valence-corrected chi connectivity index (χ2v) is 12.6. The molecule has 0 saturated heterocycles. The van der Waals surface area contributed by atoms with Gasteiger partial charge in [-0.3, -0.25) is 0 Å². The number of benzene rings is 1. The summed E-state index contributed by atoms with van der Waals surface area (Å²) in [6.45, 7) is 9.48. The first-order valence-corrected chi connectivity index (χ1v) is 15.7. The van der Waals surface area contributed by atoms with Crippen molar-refractivity contribution in [1.82, 2.24) is 9.88 Å². The lowest BCUT2D eigenvalue weighted by Crippen LogP contribution is -2.49. The van der Waals surface area contributed by atoms with Crippen LogP contribution < -0.4 is 5.32 Å². The number of alkyl halides is 6. The van der Waals surface area contributed by atoms with Crippen LogP contribution in [0.15, 0.2) is 42.5 Å². The molecule has 0 unspecified atom stereocenters. The monoisotopic (exact) mass is 670 g/mol. The van der Waals surface area contributed by atoms with E-state index >= 15 is 26.3 Å². The Morgan fingerprint density at radius 1 is 0.978 bits per heavy atom. The number of unbranched alkanes of at least 4 members (excludes halogenated alkanes) is 3. The number of allylic oxidation sites excluding steroid dienone is 2. The number of esters is 1. The van der Waals surface area contributed by atoms with E-state index in [1.165, 1.54) is 26.8 Å². The minimum atomic E-state index is -5.71. The zero-order chi connectivity index (χ0) is 34.0. The minimum absolute atomic E-state index is 0.0762. The van der Waals surface area contributed by atoms with Crippen molar-refractivity contribution in [3.8, 4) is 0 Å². The Morgan fingerprint density at radius 3 is 2.33 bits per heavy atom. The van der Waals surface area contributed by atoms with Crippen molar-refractivity contribution >= 4 is 45.4 Å². The van der Waals surface area contributed by atoms with E-state index in [0.29, 0.717) is 18.5 Å². The van der Waals surface area contributed by atoms with Crippen LogP contribution in [0.1, 0.15) is 66.1 Å². The van der Waals surface area contributed by atoms with Gasteiger partial charge in [-0.2, -0.15) is 26.3 Å². The number of carbonyl (C=O) groups excluding carboxylic acids is 2. The second-order valence-electron chi connectivity index (χ2n) is 11.3. The number of hydrogen-bond acceptors (Lipinski definition) is 5. The number of aryl methyl sites for hydroxylation is 2. The molecule has 13 heteroatoms. The highest BCUT2D eigenvalue weighted by Gasteiger charge is 2.80. The highest BCUT2D eigenvalue weighted by Crippen LogP contribution is 2.66.